The van der Waals surface area contributed by atoms with Gasteiger partial charge in [-0.1, -0.05) is 12.1 Å². The van der Waals surface area contributed by atoms with Gasteiger partial charge in [0.15, 0.2) is 0 Å². The molecule has 1 unspecified atom stereocenters. The molecule has 4 nitrogen and oxygen atoms in total. The lowest BCUT2D eigenvalue weighted by Crippen LogP contribution is -2.20. The minimum atomic E-state index is -0.615. The fraction of sp³-hybridized carbons (Fsp3) is 0.273. The molecule has 0 aromatic heterocycles. The van der Waals surface area contributed by atoms with Gasteiger partial charge in [0.2, 0.25) is 5.91 Å². The van der Waals surface area contributed by atoms with Gasteiger partial charge < -0.3 is 10.6 Å². The Hall–Kier alpha value is -1.86. The minimum absolute atomic E-state index is 0.0766. The molecule has 0 spiro atoms. The van der Waals surface area contributed by atoms with Crippen LogP contribution < -0.4 is 10.6 Å². The first-order valence-corrected chi connectivity index (χ1v) is 4.68. The van der Waals surface area contributed by atoms with Crippen LogP contribution in [0.25, 0.3) is 0 Å². The first-order valence-electron chi connectivity index (χ1n) is 4.68. The molecule has 15 heavy (non-hydrogen) atoms. The van der Waals surface area contributed by atoms with E-state index in [4.69, 9.17) is 11.0 Å². The number of hydrogen-bond donors (Lipinski definition) is 1. The van der Waals surface area contributed by atoms with Crippen LogP contribution >= 0.6 is 0 Å². The van der Waals surface area contributed by atoms with E-state index >= 15 is 0 Å². The van der Waals surface area contributed by atoms with Crippen molar-refractivity contribution in [1.82, 2.24) is 0 Å². The number of anilines is 1. The lowest BCUT2D eigenvalue weighted by Gasteiger charge is -2.10. The quantitative estimate of drug-likeness (QED) is 0.728. The highest BCUT2D eigenvalue weighted by atomic mass is 16.2. The Labute approximate surface area is 87.9 Å². The van der Waals surface area contributed by atoms with Crippen molar-refractivity contribution in [3.8, 4) is 6.07 Å². The van der Waals surface area contributed by atoms with E-state index in [0.717, 1.165) is 16.8 Å². The van der Waals surface area contributed by atoms with Crippen molar-refractivity contribution in [3.05, 3.63) is 29.3 Å². The molecule has 1 atom stereocenters. The maximum absolute atomic E-state index is 11.4. The second-order valence-electron chi connectivity index (χ2n) is 3.62. The third-order valence-electron chi connectivity index (χ3n) is 2.68. The normalized spacial score (nSPS) is 16.1. The Morgan fingerprint density at radius 3 is 3.00 bits per heavy atom. The third kappa shape index (κ3) is 1.47. The highest BCUT2D eigenvalue weighted by molar-refractivity contribution is 6.00. The average molecular weight is 201 g/mol. The number of rotatable bonds is 1. The van der Waals surface area contributed by atoms with Gasteiger partial charge in [0.1, 0.15) is 6.04 Å². The molecule has 1 aliphatic heterocycles. The molecule has 4 heteroatoms. The number of carbonyl (C=O) groups is 1. The molecule has 0 fully saturated rings. The second kappa shape index (κ2) is 3.37. The highest BCUT2D eigenvalue weighted by Crippen LogP contribution is 2.29. The van der Waals surface area contributed by atoms with Gasteiger partial charge in [-0.3, -0.25) is 4.79 Å². The average Bonchev–Trinajstić information content (AvgIpc) is 2.53. The van der Waals surface area contributed by atoms with Crippen LogP contribution in [0.4, 0.5) is 5.69 Å². The topological polar surface area (TPSA) is 70.1 Å². The Kier molecular flexibility index (Phi) is 2.18. The fourth-order valence-corrected chi connectivity index (χ4v) is 1.76. The van der Waals surface area contributed by atoms with Crippen LogP contribution in [-0.2, 0) is 11.2 Å². The van der Waals surface area contributed by atoms with Crippen molar-refractivity contribution in [2.45, 2.75) is 12.5 Å². The maximum atomic E-state index is 11.4. The second-order valence-corrected chi connectivity index (χ2v) is 3.62. The first kappa shape index (κ1) is 9.69. The molecule has 1 aromatic carbocycles. The van der Waals surface area contributed by atoms with E-state index in [1.54, 1.807) is 18.0 Å². The molecule has 1 aromatic rings. The van der Waals surface area contributed by atoms with Gasteiger partial charge in [-0.25, -0.2) is 0 Å². The summed E-state index contributed by atoms with van der Waals surface area (Å²) < 4.78 is 0. The Bertz CT molecular complexity index is 461. The molecule has 1 amide bonds. The van der Waals surface area contributed by atoms with Crippen LogP contribution in [-0.4, -0.2) is 13.0 Å². The van der Waals surface area contributed by atoms with Crippen LogP contribution in [0, 0.1) is 11.3 Å². The predicted molar refractivity (Wildman–Crippen MR) is 56.1 cm³/mol. The number of fused-ring (bicyclic) bond motifs is 1. The molecule has 2 N–H and O–H groups in total. The van der Waals surface area contributed by atoms with Gasteiger partial charge in [0.05, 0.1) is 12.5 Å². The highest BCUT2D eigenvalue weighted by Gasteiger charge is 2.24. The summed E-state index contributed by atoms with van der Waals surface area (Å²) in [7, 11) is 1.75. The van der Waals surface area contributed by atoms with E-state index in [9.17, 15) is 4.79 Å². The van der Waals surface area contributed by atoms with E-state index in [1.165, 1.54) is 0 Å². The molecular weight excluding hydrogens is 190 g/mol. The largest absolute Gasteiger partial charge is 0.315 e. The molecule has 0 saturated heterocycles. The van der Waals surface area contributed by atoms with Crippen LogP contribution in [0.15, 0.2) is 18.2 Å². The Morgan fingerprint density at radius 2 is 2.33 bits per heavy atom. The number of amides is 1. The maximum Gasteiger partial charge on any atom is 0.231 e. The molecule has 0 aliphatic carbocycles. The summed E-state index contributed by atoms with van der Waals surface area (Å²) in [5.41, 5.74) is 8.22. The SMILES string of the molecule is CN1C(=O)Cc2cc(C(N)C#N)ccc21. The van der Waals surface area contributed by atoms with Gasteiger partial charge in [-0.05, 0) is 17.2 Å². The van der Waals surface area contributed by atoms with Gasteiger partial charge in [-0.2, -0.15) is 5.26 Å². The minimum Gasteiger partial charge on any atom is -0.315 e. The molecular formula is C11H11N3O. The van der Waals surface area contributed by atoms with Crippen molar-refractivity contribution in [1.29, 1.82) is 5.26 Å². The van der Waals surface area contributed by atoms with Crippen molar-refractivity contribution < 1.29 is 4.79 Å². The summed E-state index contributed by atoms with van der Waals surface area (Å²) in [5.74, 6) is 0.0766. The molecule has 1 heterocycles. The molecule has 1 aliphatic rings. The van der Waals surface area contributed by atoms with Gasteiger partial charge in [0, 0.05) is 12.7 Å². The van der Waals surface area contributed by atoms with Crippen molar-refractivity contribution in [3.63, 3.8) is 0 Å². The monoisotopic (exact) mass is 201 g/mol. The van der Waals surface area contributed by atoms with E-state index < -0.39 is 6.04 Å². The standard InChI is InChI=1S/C11H11N3O/c1-14-10-3-2-7(9(13)6-12)4-8(10)5-11(14)15/h2-4,9H,5,13H2,1H3. The van der Waals surface area contributed by atoms with E-state index in [0.29, 0.717) is 6.42 Å². The zero-order valence-electron chi connectivity index (χ0n) is 8.40. The lowest BCUT2D eigenvalue weighted by atomic mass is 10.0. The predicted octanol–water partition coefficient (Wildman–Crippen LogP) is 0.729. The van der Waals surface area contributed by atoms with Crippen molar-refractivity contribution >= 4 is 11.6 Å². The van der Waals surface area contributed by atoms with Gasteiger partial charge in [-0.15, -0.1) is 0 Å². The summed E-state index contributed by atoms with van der Waals surface area (Å²) in [6, 6.07) is 6.83. The molecule has 0 saturated carbocycles. The first-order chi connectivity index (χ1) is 7.13. The Balaban J connectivity index is 2.43. The van der Waals surface area contributed by atoms with Gasteiger partial charge >= 0.3 is 0 Å². The van der Waals surface area contributed by atoms with E-state index in [-0.39, 0.29) is 5.91 Å². The van der Waals surface area contributed by atoms with Crippen LogP contribution in [0.2, 0.25) is 0 Å². The number of nitrogens with two attached hydrogens (primary N) is 1. The van der Waals surface area contributed by atoms with Crippen LogP contribution in [0.1, 0.15) is 17.2 Å². The lowest BCUT2D eigenvalue weighted by molar-refractivity contribution is -0.117. The number of benzene rings is 1. The molecule has 0 bridgehead atoms. The number of nitriles is 1. The summed E-state index contributed by atoms with van der Waals surface area (Å²) in [6.07, 6.45) is 0.401. The number of carbonyl (C=O) groups excluding carboxylic acids is 1. The third-order valence-corrected chi connectivity index (χ3v) is 2.68. The zero-order chi connectivity index (χ0) is 11.0. The van der Waals surface area contributed by atoms with Crippen molar-refractivity contribution in [2.75, 3.05) is 11.9 Å². The molecule has 2 rings (SSSR count). The van der Waals surface area contributed by atoms with E-state index in [2.05, 4.69) is 0 Å². The zero-order valence-corrected chi connectivity index (χ0v) is 8.40. The summed E-state index contributed by atoms with van der Waals surface area (Å²) in [4.78, 5) is 13.0. The van der Waals surface area contributed by atoms with Crippen molar-refractivity contribution in [2.24, 2.45) is 5.73 Å². The molecule has 76 valence electrons. The van der Waals surface area contributed by atoms with Crippen LogP contribution in [0.3, 0.4) is 0 Å². The molecule has 0 radical (unpaired) electrons. The van der Waals surface area contributed by atoms with Gasteiger partial charge in [0.25, 0.3) is 0 Å². The van der Waals surface area contributed by atoms with Crippen LogP contribution in [0.5, 0.6) is 0 Å². The van der Waals surface area contributed by atoms with E-state index in [1.807, 2.05) is 18.2 Å². The number of likely N-dealkylation sites (N-methyl/N-ethyl adjacent to an activating group) is 1. The Morgan fingerprint density at radius 1 is 1.60 bits per heavy atom. The number of nitrogens with zero attached hydrogens (tertiary/aromatic N) is 2. The summed E-state index contributed by atoms with van der Waals surface area (Å²) in [6.45, 7) is 0. The number of hydrogen-bond acceptors (Lipinski definition) is 3. The fourth-order valence-electron chi connectivity index (χ4n) is 1.76. The summed E-state index contributed by atoms with van der Waals surface area (Å²) >= 11 is 0. The smallest absolute Gasteiger partial charge is 0.231 e. The summed E-state index contributed by atoms with van der Waals surface area (Å²) in [5, 5.41) is 8.69.